The van der Waals surface area contributed by atoms with Crippen LogP contribution < -0.4 is 5.43 Å². The Labute approximate surface area is 132 Å². The second kappa shape index (κ2) is 5.46. The number of H-pyrrole nitrogens is 2. The Bertz CT molecular complexity index is 1030. The average Bonchev–Trinajstić information content (AvgIpc) is 3.21. The van der Waals surface area contributed by atoms with E-state index in [2.05, 4.69) is 20.5 Å². The molecule has 0 aliphatic carbocycles. The molecule has 0 fully saturated rings. The van der Waals surface area contributed by atoms with E-state index in [1.807, 2.05) is 54.9 Å². The minimum absolute atomic E-state index is 0.242. The van der Waals surface area contributed by atoms with Gasteiger partial charge in [0.25, 0.3) is 5.91 Å². The summed E-state index contributed by atoms with van der Waals surface area (Å²) in [6.45, 7) is 0. The highest BCUT2D eigenvalue weighted by atomic mass is 16.2. The van der Waals surface area contributed by atoms with Crippen molar-refractivity contribution in [2.45, 2.75) is 0 Å². The number of amides is 1. The fraction of sp³-hybridized carbons (Fsp3) is 0. The third-order valence-corrected chi connectivity index (χ3v) is 3.82. The van der Waals surface area contributed by atoms with Gasteiger partial charge in [-0.15, -0.1) is 0 Å². The molecule has 0 aliphatic rings. The third kappa shape index (κ3) is 2.38. The molecule has 0 radical (unpaired) electrons. The van der Waals surface area contributed by atoms with Crippen LogP contribution in [-0.4, -0.2) is 22.1 Å². The van der Waals surface area contributed by atoms with Crippen molar-refractivity contribution in [1.82, 2.24) is 15.4 Å². The quantitative estimate of drug-likeness (QED) is 0.394. The predicted octanol–water partition coefficient (Wildman–Crippen LogP) is 3.41. The van der Waals surface area contributed by atoms with Crippen LogP contribution in [0.15, 0.2) is 66.0 Å². The monoisotopic (exact) mass is 302 g/mol. The zero-order valence-electron chi connectivity index (χ0n) is 12.2. The predicted molar refractivity (Wildman–Crippen MR) is 91.7 cm³/mol. The summed E-state index contributed by atoms with van der Waals surface area (Å²) in [5, 5.41) is 6.14. The first-order valence-electron chi connectivity index (χ1n) is 7.28. The molecule has 0 unspecified atom stereocenters. The lowest BCUT2D eigenvalue weighted by Crippen LogP contribution is -2.17. The normalized spacial score (nSPS) is 11.5. The molecule has 0 spiro atoms. The molecule has 1 amide bonds. The van der Waals surface area contributed by atoms with Crippen LogP contribution in [0.4, 0.5) is 0 Å². The lowest BCUT2D eigenvalue weighted by Gasteiger charge is -2.01. The van der Waals surface area contributed by atoms with Gasteiger partial charge in [-0.3, -0.25) is 4.79 Å². The molecule has 0 bridgehead atoms. The lowest BCUT2D eigenvalue weighted by atomic mass is 10.1. The molecule has 0 saturated carbocycles. The molecule has 4 rings (SSSR count). The summed E-state index contributed by atoms with van der Waals surface area (Å²) in [4.78, 5) is 18.5. The van der Waals surface area contributed by atoms with Gasteiger partial charge in [-0.25, -0.2) is 5.43 Å². The molecule has 2 heterocycles. The zero-order chi connectivity index (χ0) is 15.6. The summed E-state index contributed by atoms with van der Waals surface area (Å²) in [6, 6.07) is 15.5. The molecule has 2 aromatic heterocycles. The largest absolute Gasteiger partial charge is 0.361 e. The van der Waals surface area contributed by atoms with E-state index < -0.39 is 0 Å². The molecule has 0 saturated heterocycles. The number of nitrogens with one attached hydrogen (secondary N) is 3. The summed E-state index contributed by atoms with van der Waals surface area (Å²) < 4.78 is 0. The molecule has 0 aliphatic heterocycles. The smallest absolute Gasteiger partial charge is 0.273 e. The van der Waals surface area contributed by atoms with Crippen molar-refractivity contribution in [3.05, 3.63) is 72.1 Å². The maximum Gasteiger partial charge on any atom is 0.273 e. The number of hydrogen-bond donors (Lipinski definition) is 3. The van der Waals surface area contributed by atoms with Crippen LogP contribution in [0.2, 0.25) is 0 Å². The summed E-state index contributed by atoms with van der Waals surface area (Å²) in [5.41, 5.74) is 5.93. The number of nitrogens with zero attached hydrogens (tertiary/aromatic N) is 1. The average molecular weight is 302 g/mol. The van der Waals surface area contributed by atoms with E-state index >= 15 is 0 Å². The third-order valence-electron chi connectivity index (χ3n) is 3.82. The zero-order valence-corrected chi connectivity index (χ0v) is 12.2. The fourth-order valence-electron chi connectivity index (χ4n) is 2.70. The molecule has 5 heteroatoms. The number of rotatable bonds is 3. The van der Waals surface area contributed by atoms with Gasteiger partial charge in [0.2, 0.25) is 0 Å². The number of hydrazone groups is 1. The van der Waals surface area contributed by atoms with Crippen molar-refractivity contribution < 1.29 is 4.79 Å². The Morgan fingerprint density at radius 2 is 1.96 bits per heavy atom. The van der Waals surface area contributed by atoms with Crippen molar-refractivity contribution >= 4 is 33.9 Å². The molecule has 23 heavy (non-hydrogen) atoms. The van der Waals surface area contributed by atoms with Gasteiger partial charge >= 0.3 is 0 Å². The van der Waals surface area contributed by atoms with E-state index in [0.717, 1.165) is 27.4 Å². The summed E-state index contributed by atoms with van der Waals surface area (Å²) in [6.07, 6.45) is 5.33. The second-order valence-corrected chi connectivity index (χ2v) is 5.24. The first-order valence-corrected chi connectivity index (χ1v) is 7.28. The summed E-state index contributed by atoms with van der Waals surface area (Å²) in [7, 11) is 0. The van der Waals surface area contributed by atoms with E-state index in [1.54, 1.807) is 12.3 Å². The molecule has 112 valence electrons. The highest BCUT2D eigenvalue weighted by Crippen LogP contribution is 2.17. The van der Waals surface area contributed by atoms with Crippen LogP contribution in [0.3, 0.4) is 0 Å². The van der Waals surface area contributed by atoms with Crippen molar-refractivity contribution in [2.75, 3.05) is 0 Å². The van der Waals surface area contributed by atoms with Crippen LogP contribution in [0, 0.1) is 0 Å². The minimum Gasteiger partial charge on any atom is -0.361 e. The molecule has 5 nitrogen and oxygen atoms in total. The highest BCUT2D eigenvalue weighted by Gasteiger charge is 2.09. The van der Waals surface area contributed by atoms with Gasteiger partial charge in [0.15, 0.2) is 0 Å². The van der Waals surface area contributed by atoms with Gasteiger partial charge in [-0.05, 0) is 18.2 Å². The van der Waals surface area contributed by atoms with Gasteiger partial charge in [-0.1, -0.05) is 30.3 Å². The van der Waals surface area contributed by atoms with Crippen molar-refractivity contribution in [1.29, 1.82) is 0 Å². The number of fused-ring (bicyclic) bond motifs is 2. The van der Waals surface area contributed by atoms with Gasteiger partial charge < -0.3 is 9.97 Å². The first kappa shape index (κ1) is 13.3. The number of para-hydroxylation sites is 2. The van der Waals surface area contributed by atoms with E-state index in [9.17, 15) is 4.79 Å². The fourth-order valence-corrected chi connectivity index (χ4v) is 2.70. The maximum atomic E-state index is 12.3. The molecule has 4 aromatic rings. The Balaban J connectivity index is 1.56. The second-order valence-electron chi connectivity index (χ2n) is 5.24. The van der Waals surface area contributed by atoms with Crippen LogP contribution >= 0.6 is 0 Å². The Kier molecular flexibility index (Phi) is 3.16. The van der Waals surface area contributed by atoms with Crippen molar-refractivity contribution in [3.8, 4) is 0 Å². The lowest BCUT2D eigenvalue weighted by molar-refractivity contribution is 0.0956. The number of aromatic nitrogens is 2. The van der Waals surface area contributed by atoms with Crippen LogP contribution in [0.5, 0.6) is 0 Å². The van der Waals surface area contributed by atoms with Crippen LogP contribution in [0.25, 0.3) is 21.8 Å². The maximum absolute atomic E-state index is 12.3. The Morgan fingerprint density at radius 3 is 2.91 bits per heavy atom. The Hall–Kier alpha value is -3.34. The van der Waals surface area contributed by atoms with Gasteiger partial charge in [0.1, 0.15) is 0 Å². The minimum atomic E-state index is -0.242. The molecule has 2 aromatic carbocycles. The van der Waals surface area contributed by atoms with Crippen LogP contribution in [0.1, 0.15) is 15.9 Å². The number of carbonyl (C=O) groups excluding carboxylic acids is 1. The SMILES string of the molecule is O=C(N/N=C/c1c[nH]c2ccccc12)c1cccc2cc[nH]c12. The number of benzene rings is 2. The standard InChI is InChI=1S/C18H14N4O/c23-18(15-6-3-4-12-8-9-19-17(12)15)22-21-11-13-10-20-16-7-2-1-5-14(13)16/h1-11,19-20H,(H,22,23)/b21-11+. The van der Waals surface area contributed by atoms with E-state index in [-0.39, 0.29) is 5.91 Å². The molecule has 3 N–H and O–H groups in total. The summed E-state index contributed by atoms with van der Waals surface area (Å²) in [5.74, 6) is -0.242. The van der Waals surface area contributed by atoms with Crippen molar-refractivity contribution in [2.24, 2.45) is 5.10 Å². The van der Waals surface area contributed by atoms with Gasteiger partial charge in [0, 0.05) is 34.2 Å². The first-order chi connectivity index (χ1) is 11.3. The highest BCUT2D eigenvalue weighted by molar-refractivity contribution is 6.06. The van der Waals surface area contributed by atoms with E-state index in [0.29, 0.717) is 5.56 Å². The van der Waals surface area contributed by atoms with E-state index in [1.165, 1.54) is 0 Å². The molecular weight excluding hydrogens is 288 g/mol. The van der Waals surface area contributed by atoms with Crippen molar-refractivity contribution in [3.63, 3.8) is 0 Å². The Morgan fingerprint density at radius 1 is 1.04 bits per heavy atom. The number of carbonyl (C=O) groups is 1. The van der Waals surface area contributed by atoms with E-state index in [4.69, 9.17) is 0 Å². The number of hydrogen-bond acceptors (Lipinski definition) is 2. The number of aromatic amines is 2. The molecular formula is C18H14N4O. The van der Waals surface area contributed by atoms with Gasteiger partial charge in [0.05, 0.1) is 17.3 Å². The van der Waals surface area contributed by atoms with Crippen LogP contribution in [-0.2, 0) is 0 Å². The topological polar surface area (TPSA) is 73.0 Å². The summed E-state index contributed by atoms with van der Waals surface area (Å²) >= 11 is 0. The molecule has 0 atom stereocenters. The van der Waals surface area contributed by atoms with Gasteiger partial charge in [-0.2, -0.15) is 5.10 Å².